The van der Waals surface area contributed by atoms with Crippen molar-refractivity contribution in [3.05, 3.63) is 65.2 Å². The molecule has 0 bridgehead atoms. The molecule has 168 valence electrons. The summed E-state index contributed by atoms with van der Waals surface area (Å²) in [5.41, 5.74) is 3.16. The number of hydrogen-bond acceptors (Lipinski definition) is 3. The van der Waals surface area contributed by atoms with E-state index in [0.717, 1.165) is 23.1 Å². The number of amides is 2. The summed E-state index contributed by atoms with van der Waals surface area (Å²) in [6.45, 7) is 12.2. The quantitative estimate of drug-likeness (QED) is 0.594. The predicted octanol–water partition coefficient (Wildman–Crippen LogP) is 4.83. The molecule has 0 heterocycles. The van der Waals surface area contributed by atoms with E-state index in [-0.39, 0.29) is 30.4 Å². The van der Waals surface area contributed by atoms with Gasteiger partial charge in [0.25, 0.3) is 5.91 Å². The molecule has 0 fully saturated rings. The lowest BCUT2D eigenvalue weighted by Gasteiger charge is -2.30. The van der Waals surface area contributed by atoms with E-state index in [9.17, 15) is 9.59 Å². The van der Waals surface area contributed by atoms with E-state index >= 15 is 0 Å². The Balaban J connectivity index is 2.20. The molecule has 0 radical (unpaired) electrons. The summed E-state index contributed by atoms with van der Waals surface area (Å²) >= 11 is 0. The van der Waals surface area contributed by atoms with Gasteiger partial charge in [-0.3, -0.25) is 9.59 Å². The average molecular weight is 425 g/mol. The van der Waals surface area contributed by atoms with E-state index < -0.39 is 6.04 Å². The number of ether oxygens (including phenoxy) is 1. The maximum absolute atomic E-state index is 13.2. The topological polar surface area (TPSA) is 58.6 Å². The Morgan fingerprint density at radius 3 is 2.39 bits per heavy atom. The van der Waals surface area contributed by atoms with Gasteiger partial charge in [0.1, 0.15) is 11.8 Å². The van der Waals surface area contributed by atoms with Crippen molar-refractivity contribution in [1.82, 2.24) is 10.2 Å². The molecule has 2 aromatic carbocycles. The highest BCUT2D eigenvalue weighted by Crippen LogP contribution is 2.26. The minimum absolute atomic E-state index is 0.0556. The molecule has 0 aromatic heterocycles. The smallest absolute Gasteiger partial charge is 0.261 e. The molecule has 0 spiro atoms. The molecule has 2 rings (SSSR count). The standard InChI is InChI=1S/C26H36N2O3/c1-7-20(5)27-26(30)21(6)28(16-22-12-10-11-19(4)15-22)25(29)17-31-24-14-9-8-13-23(24)18(2)3/h8-15,18,20-21H,7,16-17H2,1-6H3,(H,27,30). The van der Waals surface area contributed by atoms with Gasteiger partial charge in [-0.25, -0.2) is 0 Å². The van der Waals surface area contributed by atoms with Crippen LogP contribution in [0.15, 0.2) is 48.5 Å². The van der Waals surface area contributed by atoms with Crippen LogP contribution in [0.4, 0.5) is 0 Å². The van der Waals surface area contributed by atoms with Gasteiger partial charge in [0.2, 0.25) is 5.91 Å². The van der Waals surface area contributed by atoms with Crippen LogP contribution in [0.25, 0.3) is 0 Å². The van der Waals surface area contributed by atoms with Crippen molar-refractivity contribution in [2.24, 2.45) is 0 Å². The van der Waals surface area contributed by atoms with Gasteiger partial charge in [-0.15, -0.1) is 0 Å². The summed E-state index contributed by atoms with van der Waals surface area (Å²) in [6.07, 6.45) is 0.833. The second kappa shape index (κ2) is 11.5. The first kappa shape index (κ1) is 24.4. The zero-order valence-corrected chi connectivity index (χ0v) is 19.6. The first-order valence-electron chi connectivity index (χ1n) is 11.1. The zero-order chi connectivity index (χ0) is 23.0. The monoisotopic (exact) mass is 424 g/mol. The Morgan fingerprint density at radius 1 is 1.03 bits per heavy atom. The van der Waals surface area contributed by atoms with Crippen LogP contribution in [-0.2, 0) is 16.1 Å². The first-order valence-corrected chi connectivity index (χ1v) is 11.1. The second-order valence-electron chi connectivity index (χ2n) is 8.49. The third-order valence-electron chi connectivity index (χ3n) is 5.50. The number of nitrogens with one attached hydrogen (secondary N) is 1. The molecule has 2 aromatic rings. The summed E-state index contributed by atoms with van der Waals surface area (Å²) in [4.78, 5) is 27.6. The lowest BCUT2D eigenvalue weighted by atomic mass is 10.0. The van der Waals surface area contributed by atoms with Crippen LogP contribution >= 0.6 is 0 Å². The Labute approximate surface area is 186 Å². The molecule has 0 saturated heterocycles. The molecule has 2 amide bonds. The Hall–Kier alpha value is -2.82. The lowest BCUT2D eigenvalue weighted by molar-refractivity contribution is -0.142. The summed E-state index contributed by atoms with van der Waals surface area (Å²) in [6, 6.07) is 15.2. The molecule has 0 aliphatic carbocycles. The van der Waals surface area contributed by atoms with E-state index in [1.807, 2.05) is 69.3 Å². The number of benzene rings is 2. The van der Waals surface area contributed by atoms with Crippen molar-refractivity contribution in [2.75, 3.05) is 6.61 Å². The summed E-state index contributed by atoms with van der Waals surface area (Å²) in [5, 5.41) is 2.99. The number of rotatable bonds is 10. The minimum Gasteiger partial charge on any atom is -0.483 e. The molecule has 5 heteroatoms. The van der Waals surface area contributed by atoms with Crippen LogP contribution in [0.3, 0.4) is 0 Å². The normalized spacial score (nSPS) is 12.9. The highest BCUT2D eigenvalue weighted by Gasteiger charge is 2.27. The largest absolute Gasteiger partial charge is 0.483 e. The molecule has 0 saturated carbocycles. The van der Waals surface area contributed by atoms with Crippen LogP contribution < -0.4 is 10.1 Å². The maximum atomic E-state index is 13.2. The number of hydrogen-bond donors (Lipinski definition) is 1. The molecule has 31 heavy (non-hydrogen) atoms. The van der Waals surface area contributed by atoms with Crippen molar-refractivity contribution >= 4 is 11.8 Å². The Kier molecular flexibility index (Phi) is 9.10. The van der Waals surface area contributed by atoms with E-state index in [4.69, 9.17) is 4.74 Å². The van der Waals surface area contributed by atoms with Gasteiger partial charge in [0.15, 0.2) is 6.61 Å². The molecule has 0 aliphatic heterocycles. The average Bonchev–Trinajstić information content (AvgIpc) is 2.75. The number of carbonyl (C=O) groups is 2. The molecule has 5 nitrogen and oxygen atoms in total. The van der Waals surface area contributed by atoms with Crippen LogP contribution in [0.2, 0.25) is 0 Å². The summed E-state index contributed by atoms with van der Waals surface area (Å²) in [5.74, 6) is 0.623. The van der Waals surface area contributed by atoms with Gasteiger partial charge in [-0.05, 0) is 50.3 Å². The maximum Gasteiger partial charge on any atom is 0.261 e. The summed E-state index contributed by atoms with van der Waals surface area (Å²) in [7, 11) is 0. The van der Waals surface area contributed by atoms with Crippen LogP contribution in [0, 0.1) is 6.92 Å². The highest BCUT2D eigenvalue weighted by atomic mass is 16.5. The Bertz CT molecular complexity index is 878. The summed E-state index contributed by atoms with van der Waals surface area (Å²) < 4.78 is 5.91. The third-order valence-corrected chi connectivity index (χ3v) is 5.50. The van der Waals surface area contributed by atoms with Gasteiger partial charge in [-0.1, -0.05) is 68.8 Å². The van der Waals surface area contributed by atoms with Gasteiger partial charge >= 0.3 is 0 Å². The van der Waals surface area contributed by atoms with E-state index in [1.54, 1.807) is 11.8 Å². The van der Waals surface area contributed by atoms with E-state index in [1.165, 1.54) is 0 Å². The zero-order valence-electron chi connectivity index (χ0n) is 19.6. The molecule has 2 atom stereocenters. The lowest BCUT2D eigenvalue weighted by Crippen LogP contribution is -2.50. The molecule has 1 N–H and O–H groups in total. The van der Waals surface area contributed by atoms with Crippen LogP contribution in [0.5, 0.6) is 5.75 Å². The van der Waals surface area contributed by atoms with Gasteiger partial charge in [0.05, 0.1) is 0 Å². The predicted molar refractivity (Wildman–Crippen MR) is 125 cm³/mol. The molecule has 0 aliphatic rings. The first-order chi connectivity index (χ1) is 14.7. The fraction of sp³-hybridized carbons (Fsp3) is 0.462. The van der Waals surface area contributed by atoms with Gasteiger partial charge < -0.3 is 15.0 Å². The van der Waals surface area contributed by atoms with E-state index in [2.05, 4.69) is 19.2 Å². The van der Waals surface area contributed by atoms with Crippen molar-refractivity contribution in [3.8, 4) is 5.75 Å². The molecule has 2 unspecified atom stereocenters. The van der Waals surface area contributed by atoms with Gasteiger partial charge in [0, 0.05) is 12.6 Å². The molecular formula is C26H36N2O3. The number of para-hydroxylation sites is 1. The van der Waals surface area contributed by atoms with Crippen molar-refractivity contribution in [1.29, 1.82) is 0 Å². The fourth-order valence-electron chi connectivity index (χ4n) is 3.37. The number of aryl methyl sites for hydroxylation is 1. The minimum atomic E-state index is -0.606. The number of nitrogens with zero attached hydrogens (tertiary/aromatic N) is 1. The van der Waals surface area contributed by atoms with Crippen LogP contribution in [-0.4, -0.2) is 35.4 Å². The van der Waals surface area contributed by atoms with Crippen molar-refractivity contribution in [3.63, 3.8) is 0 Å². The van der Waals surface area contributed by atoms with E-state index in [0.29, 0.717) is 12.3 Å². The molecular weight excluding hydrogens is 388 g/mol. The second-order valence-corrected chi connectivity index (χ2v) is 8.49. The number of carbonyl (C=O) groups excluding carboxylic acids is 2. The third kappa shape index (κ3) is 7.12. The SMILES string of the molecule is CCC(C)NC(=O)C(C)N(Cc1cccc(C)c1)C(=O)COc1ccccc1C(C)C. The van der Waals surface area contributed by atoms with Crippen LogP contribution in [0.1, 0.15) is 63.6 Å². The Morgan fingerprint density at radius 2 is 1.74 bits per heavy atom. The highest BCUT2D eigenvalue weighted by molar-refractivity contribution is 5.88. The van der Waals surface area contributed by atoms with Gasteiger partial charge in [-0.2, -0.15) is 0 Å². The van der Waals surface area contributed by atoms with Crippen molar-refractivity contribution < 1.29 is 14.3 Å². The fourth-order valence-corrected chi connectivity index (χ4v) is 3.37. The van der Waals surface area contributed by atoms with Crippen molar-refractivity contribution in [2.45, 2.75) is 72.5 Å².